The van der Waals surface area contributed by atoms with Crippen molar-refractivity contribution in [2.24, 2.45) is 0 Å². The average Bonchev–Trinajstić information content (AvgIpc) is 2.93. The molecule has 0 aliphatic carbocycles. The molecule has 144 valence electrons. The van der Waals surface area contributed by atoms with Crippen molar-refractivity contribution in [2.45, 2.75) is 32.2 Å². The van der Waals surface area contributed by atoms with E-state index in [1.54, 1.807) is 43.3 Å². The summed E-state index contributed by atoms with van der Waals surface area (Å²) in [7, 11) is 0. The maximum absolute atomic E-state index is 12.2. The lowest BCUT2D eigenvalue weighted by Crippen LogP contribution is -2.40. The topological polar surface area (TPSA) is 104 Å². The molecule has 0 aromatic heterocycles. The fourth-order valence-corrected chi connectivity index (χ4v) is 2.99. The smallest absolute Gasteiger partial charge is 0.322 e. The van der Waals surface area contributed by atoms with Crippen LogP contribution in [0.5, 0.6) is 0 Å². The number of benzene rings is 2. The molecule has 1 aliphatic rings. The minimum atomic E-state index is -1.20. The van der Waals surface area contributed by atoms with Crippen LogP contribution in [-0.2, 0) is 15.1 Å². The van der Waals surface area contributed by atoms with Crippen LogP contribution in [-0.4, -0.2) is 23.6 Å². The molecule has 3 rings (SSSR count). The molecule has 2 aromatic carbocycles. The molecule has 1 heterocycles. The number of anilines is 1. The van der Waals surface area contributed by atoms with E-state index >= 15 is 0 Å². The highest BCUT2D eigenvalue weighted by Gasteiger charge is 2.43. The normalized spacial score (nSPS) is 18.4. The van der Waals surface area contributed by atoms with Gasteiger partial charge in [0.1, 0.15) is 5.54 Å². The highest BCUT2D eigenvalue weighted by atomic mass is 16.2. The Morgan fingerprint density at radius 3 is 2.39 bits per heavy atom. The van der Waals surface area contributed by atoms with E-state index in [9.17, 15) is 19.2 Å². The highest BCUT2D eigenvalue weighted by molar-refractivity contribution is 6.07. The third-order valence-electron chi connectivity index (χ3n) is 4.72. The number of hydrogen-bond donors (Lipinski definition) is 3. The first-order valence-electron chi connectivity index (χ1n) is 8.92. The molecule has 1 unspecified atom stereocenters. The number of Topliss-reactive ketones (excluding diaryl/α,β-unsaturated/α-hetero) is 1. The summed E-state index contributed by atoms with van der Waals surface area (Å²) in [6.45, 7) is 3.53. The van der Waals surface area contributed by atoms with Gasteiger partial charge in [0.2, 0.25) is 5.91 Å². The van der Waals surface area contributed by atoms with Gasteiger partial charge in [-0.2, -0.15) is 0 Å². The molecule has 0 radical (unpaired) electrons. The molecule has 0 saturated carbocycles. The molecule has 0 bridgehead atoms. The van der Waals surface area contributed by atoms with E-state index in [4.69, 9.17) is 0 Å². The van der Waals surface area contributed by atoms with Gasteiger partial charge < -0.3 is 10.6 Å². The number of hydrogen-bond acceptors (Lipinski definition) is 4. The van der Waals surface area contributed by atoms with Crippen molar-refractivity contribution in [1.82, 2.24) is 10.6 Å². The van der Waals surface area contributed by atoms with Crippen LogP contribution < -0.4 is 16.0 Å². The maximum atomic E-state index is 12.2. The van der Waals surface area contributed by atoms with Crippen molar-refractivity contribution in [3.8, 4) is 0 Å². The van der Waals surface area contributed by atoms with Gasteiger partial charge in [0, 0.05) is 24.1 Å². The van der Waals surface area contributed by atoms with E-state index in [0.717, 1.165) is 5.56 Å². The molecule has 1 atom stereocenters. The van der Waals surface area contributed by atoms with Crippen LogP contribution in [0.2, 0.25) is 0 Å². The summed E-state index contributed by atoms with van der Waals surface area (Å²) in [5, 5.41) is 7.52. The Kier molecular flexibility index (Phi) is 5.26. The second-order valence-corrected chi connectivity index (χ2v) is 6.95. The van der Waals surface area contributed by atoms with Gasteiger partial charge in [0.25, 0.3) is 5.91 Å². The predicted octanol–water partition coefficient (Wildman–Crippen LogP) is 2.65. The van der Waals surface area contributed by atoms with Crippen LogP contribution in [0.3, 0.4) is 0 Å². The van der Waals surface area contributed by atoms with Gasteiger partial charge in [-0.25, -0.2) is 4.79 Å². The Morgan fingerprint density at radius 1 is 1.04 bits per heavy atom. The first kappa shape index (κ1) is 19.3. The zero-order chi connectivity index (χ0) is 20.3. The van der Waals surface area contributed by atoms with E-state index in [1.165, 1.54) is 0 Å². The quantitative estimate of drug-likeness (QED) is 0.530. The summed E-state index contributed by atoms with van der Waals surface area (Å²) in [4.78, 5) is 47.9. The van der Waals surface area contributed by atoms with E-state index in [0.29, 0.717) is 16.8 Å². The molecule has 1 aliphatic heterocycles. The van der Waals surface area contributed by atoms with Gasteiger partial charge >= 0.3 is 6.03 Å². The molecular formula is C21H21N3O4. The number of carbonyl (C=O) groups excluding carboxylic acids is 4. The SMILES string of the molecule is Cc1ccc(C(=O)CCC(=O)Nc2cccc(C3(C)NC(=O)NC3=O)c2)cc1. The average molecular weight is 379 g/mol. The summed E-state index contributed by atoms with van der Waals surface area (Å²) < 4.78 is 0. The van der Waals surface area contributed by atoms with Gasteiger partial charge in [0.05, 0.1) is 0 Å². The Bertz CT molecular complexity index is 952. The van der Waals surface area contributed by atoms with Crippen molar-refractivity contribution < 1.29 is 19.2 Å². The van der Waals surface area contributed by atoms with Crippen LogP contribution in [0, 0.1) is 6.92 Å². The molecule has 4 amide bonds. The van der Waals surface area contributed by atoms with Crippen molar-refractivity contribution in [3.05, 3.63) is 65.2 Å². The Morgan fingerprint density at radius 2 is 1.75 bits per heavy atom. The number of carbonyl (C=O) groups is 4. The standard InChI is InChI=1S/C21H21N3O4/c1-13-6-8-14(9-7-13)17(25)10-11-18(26)22-16-5-3-4-15(12-16)21(2)19(27)23-20(28)24-21/h3-9,12H,10-11H2,1-2H3,(H,22,26)(H2,23,24,27,28). The maximum Gasteiger partial charge on any atom is 0.322 e. The molecule has 3 N–H and O–H groups in total. The van der Waals surface area contributed by atoms with Crippen LogP contribution >= 0.6 is 0 Å². The summed E-state index contributed by atoms with van der Waals surface area (Å²) in [5.74, 6) is -0.853. The number of rotatable bonds is 6. The predicted molar refractivity (Wildman–Crippen MR) is 104 cm³/mol. The largest absolute Gasteiger partial charge is 0.326 e. The van der Waals surface area contributed by atoms with E-state index in [-0.39, 0.29) is 24.5 Å². The molecule has 7 nitrogen and oxygen atoms in total. The van der Waals surface area contributed by atoms with Crippen LogP contribution in [0.4, 0.5) is 10.5 Å². The number of imide groups is 1. The van der Waals surface area contributed by atoms with Gasteiger partial charge in [-0.3, -0.25) is 19.7 Å². The fourth-order valence-electron chi connectivity index (χ4n) is 2.99. The summed E-state index contributed by atoms with van der Waals surface area (Å²) >= 11 is 0. The Hall–Kier alpha value is -3.48. The minimum Gasteiger partial charge on any atom is -0.326 e. The van der Waals surface area contributed by atoms with Gasteiger partial charge in [0.15, 0.2) is 5.78 Å². The number of urea groups is 1. The minimum absolute atomic E-state index is 0.0471. The van der Waals surface area contributed by atoms with Gasteiger partial charge in [-0.15, -0.1) is 0 Å². The second-order valence-electron chi connectivity index (χ2n) is 6.95. The third kappa shape index (κ3) is 4.09. The molecule has 28 heavy (non-hydrogen) atoms. The number of aryl methyl sites for hydroxylation is 1. The summed E-state index contributed by atoms with van der Waals surface area (Å²) in [5.41, 5.74) is 1.48. The van der Waals surface area contributed by atoms with Gasteiger partial charge in [-0.1, -0.05) is 42.0 Å². The van der Waals surface area contributed by atoms with Crippen molar-refractivity contribution in [1.29, 1.82) is 0 Å². The highest BCUT2D eigenvalue weighted by Crippen LogP contribution is 2.26. The van der Waals surface area contributed by atoms with E-state index in [2.05, 4.69) is 16.0 Å². The summed E-state index contributed by atoms with van der Waals surface area (Å²) in [6, 6.07) is 13.4. The van der Waals surface area contributed by atoms with Crippen molar-refractivity contribution >= 4 is 29.3 Å². The number of ketones is 1. The van der Waals surface area contributed by atoms with Crippen molar-refractivity contribution in [2.75, 3.05) is 5.32 Å². The molecular weight excluding hydrogens is 358 g/mol. The van der Waals surface area contributed by atoms with Crippen molar-refractivity contribution in [3.63, 3.8) is 0 Å². The molecule has 1 fully saturated rings. The van der Waals surface area contributed by atoms with Crippen LogP contribution in [0.25, 0.3) is 0 Å². The second kappa shape index (κ2) is 7.64. The third-order valence-corrected chi connectivity index (χ3v) is 4.72. The number of amides is 4. The lowest BCUT2D eigenvalue weighted by Gasteiger charge is -2.21. The number of nitrogens with one attached hydrogen (secondary N) is 3. The van der Waals surface area contributed by atoms with E-state index < -0.39 is 17.5 Å². The first-order chi connectivity index (χ1) is 13.3. The van der Waals surface area contributed by atoms with Gasteiger partial charge in [-0.05, 0) is 31.5 Å². The molecule has 1 saturated heterocycles. The fraction of sp³-hybridized carbons (Fsp3) is 0.238. The van der Waals surface area contributed by atoms with E-state index in [1.807, 2.05) is 19.1 Å². The summed E-state index contributed by atoms with van der Waals surface area (Å²) in [6.07, 6.45) is 0.149. The first-order valence-corrected chi connectivity index (χ1v) is 8.92. The lowest BCUT2D eigenvalue weighted by atomic mass is 9.92. The monoisotopic (exact) mass is 379 g/mol. The Labute approximate surface area is 162 Å². The molecule has 0 spiro atoms. The molecule has 2 aromatic rings. The molecule has 7 heteroatoms. The zero-order valence-electron chi connectivity index (χ0n) is 15.7. The zero-order valence-corrected chi connectivity index (χ0v) is 15.7. The Balaban J connectivity index is 1.62. The van der Waals surface area contributed by atoms with Crippen LogP contribution in [0.15, 0.2) is 48.5 Å². The van der Waals surface area contributed by atoms with Crippen LogP contribution in [0.1, 0.15) is 41.3 Å². The lowest BCUT2D eigenvalue weighted by molar-refractivity contribution is -0.123.